The molecule has 0 N–H and O–H groups in total. The molecule has 0 aliphatic heterocycles. The highest BCUT2D eigenvalue weighted by atomic mass is 15.0. The molecule has 4 aromatic heterocycles. The first-order valence-electron chi connectivity index (χ1n) is 25.7. The van der Waals surface area contributed by atoms with E-state index in [0.717, 1.165) is 44.6 Å². The minimum Gasteiger partial charge on any atom is -0.307 e. The molecule has 11 rings (SSSR count). The smallest absolute Gasteiger partial charge is 0.266 e. The van der Waals surface area contributed by atoms with Crippen LogP contribution in [0.4, 0.5) is 0 Å². The number of benzene rings is 7. The molecule has 0 aliphatic carbocycles. The van der Waals surface area contributed by atoms with E-state index < -0.39 is 0 Å². The van der Waals surface area contributed by atoms with E-state index in [1.807, 2.05) is 0 Å². The highest BCUT2D eigenvalue weighted by Crippen LogP contribution is 2.42. The molecule has 0 radical (unpaired) electrons. The van der Waals surface area contributed by atoms with Crippen molar-refractivity contribution in [3.63, 3.8) is 0 Å². The van der Waals surface area contributed by atoms with Crippen LogP contribution in [0.3, 0.4) is 0 Å². The summed E-state index contributed by atoms with van der Waals surface area (Å²) >= 11 is 0. The maximum atomic E-state index is 5.49. The van der Waals surface area contributed by atoms with Crippen LogP contribution >= 0.6 is 0 Å². The van der Waals surface area contributed by atoms with Crippen molar-refractivity contribution in [2.75, 3.05) is 0 Å². The van der Waals surface area contributed by atoms with Crippen molar-refractivity contribution in [3.05, 3.63) is 212 Å². The Kier molecular flexibility index (Phi) is 11.5. The third-order valence-corrected chi connectivity index (χ3v) is 15.9. The van der Waals surface area contributed by atoms with Gasteiger partial charge in [0.25, 0.3) is 13.4 Å². The van der Waals surface area contributed by atoms with Crippen LogP contribution < -0.4 is 33.0 Å². The number of pyridine rings is 2. The standard InChI is InChI=1S/C66H64B2N4/c1-37-25-43(7)63(44(8)26-37)67(64-45(9)27-38(2)28-46(64)10)59-33-41(5)57(35-69-59)71-53-21-17-15-19-51(53)61-55(71)23-24-56-62(61)52-20-16-18-22-54(52)72(56)58-36-70-60(34-42(58)6)68(65-47(11)29-39(3)30-48(65)12)66-49(13)31-40(4)32-50(66)14/h15-36H,1-14H3. The molecule has 72 heavy (non-hydrogen) atoms. The van der Waals surface area contributed by atoms with E-state index in [4.69, 9.17) is 9.97 Å². The zero-order valence-electron chi connectivity index (χ0n) is 44.6. The number of para-hydroxylation sites is 2. The minimum absolute atomic E-state index is 0.00701. The van der Waals surface area contributed by atoms with Gasteiger partial charge in [0.15, 0.2) is 0 Å². The molecule has 0 saturated carbocycles. The first kappa shape index (κ1) is 46.9. The predicted molar refractivity (Wildman–Crippen MR) is 312 cm³/mol. The van der Waals surface area contributed by atoms with Gasteiger partial charge in [-0.25, -0.2) is 0 Å². The summed E-state index contributed by atoms with van der Waals surface area (Å²) in [6.45, 7) is 31.4. The first-order valence-corrected chi connectivity index (χ1v) is 25.7. The highest BCUT2D eigenvalue weighted by Gasteiger charge is 2.33. The van der Waals surface area contributed by atoms with Crippen molar-refractivity contribution in [1.82, 2.24) is 19.1 Å². The number of aryl methyl sites for hydroxylation is 14. The molecular weight excluding hydrogens is 870 g/mol. The van der Waals surface area contributed by atoms with Gasteiger partial charge in [-0.05, 0) is 144 Å². The second-order valence-electron chi connectivity index (χ2n) is 21.5. The van der Waals surface area contributed by atoms with E-state index in [1.54, 1.807) is 0 Å². The zero-order chi connectivity index (χ0) is 50.6. The number of hydrogen-bond acceptors (Lipinski definition) is 2. The fraction of sp³-hybridized carbons (Fsp3) is 0.212. The Morgan fingerprint density at radius 2 is 0.583 bits per heavy atom. The molecule has 0 fully saturated rings. The molecule has 0 spiro atoms. The van der Waals surface area contributed by atoms with Crippen molar-refractivity contribution < 1.29 is 0 Å². The maximum Gasteiger partial charge on any atom is 0.266 e. The molecule has 4 heterocycles. The summed E-state index contributed by atoms with van der Waals surface area (Å²) < 4.78 is 4.90. The van der Waals surface area contributed by atoms with Gasteiger partial charge >= 0.3 is 0 Å². The lowest BCUT2D eigenvalue weighted by molar-refractivity contribution is 1.11. The Morgan fingerprint density at radius 1 is 0.306 bits per heavy atom. The largest absolute Gasteiger partial charge is 0.307 e. The van der Waals surface area contributed by atoms with E-state index in [-0.39, 0.29) is 13.4 Å². The van der Waals surface area contributed by atoms with Crippen LogP contribution in [0.25, 0.3) is 55.0 Å². The molecule has 6 heteroatoms. The van der Waals surface area contributed by atoms with Gasteiger partial charge in [-0.3, -0.25) is 9.97 Å². The topological polar surface area (TPSA) is 35.6 Å². The predicted octanol–water partition coefficient (Wildman–Crippen LogP) is 12.0. The maximum absolute atomic E-state index is 5.49. The van der Waals surface area contributed by atoms with Crippen LogP contribution in [-0.4, -0.2) is 32.5 Å². The summed E-state index contributed by atoms with van der Waals surface area (Å²) in [5, 5.41) is 4.93. The Morgan fingerprint density at radius 3 is 0.861 bits per heavy atom. The van der Waals surface area contributed by atoms with Crippen molar-refractivity contribution in [2.45, 2.75) is 96.9 Å². The number of nitrogens with zero attached hydrogens (tertiary/aromatic N) is 4. The minimum atomic E-state index is -0.00701. The molecule has 354 valence electrons. The summed E-state index contributed by atoms with van der Waals surface area (Å²) in [7, 11) is 0. The first-order chi connectivity index (χ1) is 34.5. The fourth-order valence-corrected chi connectivity index (χ4v) is 13.4. The molecule has 0 aliphatic rings. The average molecular weight is 935 g/mol. The van der Waals surface area contributed by atoms with E-state index >= 15 is 0 Å². The van der Waals surface area contributed by atoms with Gasteiger partial charge < -0.3 is 9.13 Å². The molecule has 0 atom stereocenters. The normalized spacial score (nSPS) is 11.8. The lowest BCUT2D eigenvalue weighted by Crippen LogP contribution is -2.57. The Balaban J connectivity index is 1.10. The molecule has 11 aromatic rings. The Labute approximate surface area is 427 Å². The molecule has 0 unspecified atom stereocenters. The van der Waals surface area contributed by atoms with Gasteiger partial charge in [0.05, 0.1) is 45.8 Å². The number of aromatic nitrogens is 4. The van der Waals surface area contributed by atoms with Crippen molar-refractivity contribution in [2.24, 2.45) is 0 Å². The van der Waals surface area contributed by atoms with E-state index in [9.17, 15) is 0 Å². The molecule has 0 bridgehead atoms. The van der Waals surface area contributed by atoms with Crippen LogP contribution in [0, 0.1) is 96.9 Å². The SMILES string of the molecule is Cc1cc(C)c(B(c2cc(C)c(-n3c4ccccc4c4c5c6ccccc6n(-c6cnc(B(c7c(C)cc(C)cc7C)c7c(C)cc(C)cc7C)cc6C)c5ccc43)cn2)c2c(C)cc(C)cc2C)c(C)c1. The second kappa shape index (κ2) is 17.7. The summed E-state index contributed by atoms with van der Waals surface area (Å²) in [5.41, 5.74) is 32.3. The van der Waals surface area contributed by atoms with Crippen LogP contribution in [0.2, 0.25) is 0 Å². The summed E-state index contributed by atoms with van der Waals surface area (Å²) in [4.78, 5) is 11.0. The monoisotopic (exact) mass is 935 g/mol. The summed E-state index contributed by atoms with van der Waals surface area (Å²) in [6, 6.07) is 45.8. The fourth-order valence-electron chi connectivity index (χ4n) is 13.4. The van der Waals surface area contributed by atoms with E-state index in [0.29, 0.717) is 0 Å². The van der Waals surface area contributed by atoms with E-state index in [1.165, 1.54) is 121 Å². The third-order valence-electron chi connectivity index (χ3n) is 15.9. The Hall–Kier alpha value is -7.43. The van der Waals surface area contributed by atoms with Gasteiger partial charge in [0.2, 0.25) is 0 Å². The lowest BCUT2D eigenvalue weighted by Gasteiger charge is -2.24. The third kappa shape index (κ3) is 7.52. The van der Waals surface area contributed by atoms with Gasteiger partial charge in [0.1, 0.15) is 0 Å². The number of fused-ring (bicyclic) bond motifs is 7. The molecule has 4 nitrogen and oxygen atoms in total. The van der Waals surface area contributed by atoms with E-state index in [2.05, 4.69) is 240 Å². The van der Waals surface area contributed by atoms with Gasteiger partial charge in [-0.15, -0.1) is 0 Å². The zero-order valence-corrected chi connectivity index (χ0v) is 44.6. The average Bonchev–Trinajstić information content (AvgIpc) is 3.82. The van der Waals surface area contributed by atoms with Crippen LogP contribution in [0.15, 0.2) is 134 Å². The molecular formula is C66H64B2N4. The van der Waals surface area contributed by atoms with Crippen molar-refractivity contribution >= 4 is 90.1 Å². The van der Waals surface area contributed by atoms with Gasteiger partial charge in [-0.2, -0.15) is 0 Å². The molecule has 0 saturated heterocycles. The summed E-state index contributed by atoms with van der Waals surface area (Å²) in [5.74, 6) is 0. The quantitative estimate of drug-likeness (QED) is 0.142. The van der Waals surface area contributed by atoms with Crippen LogP contribution in [0.1, 0.15) is 77.9 Å². The summed E-state index contributed by atoms with van der Waals surface area (Å²) in [6.07, 6.45) is 4.27. The van der Waals surface area contributed by atoms with Crippen molar-refractivity contribution in [1.29, 1.82) is 0 Å². The van der Waals surface area contributed by atoms with Gasteiger partial charge in [0, 0.05) is 32.7 Å². The molecule has 0 amide bonds. The highest BCUT2D eigenvalue weighted by molar-refractivity contribution is 6.96. The van der Waals surface area contributed by atoms with Gasteiger partial charge in [-0.1, -0.05) is 174 Å². The number of rotatable bonds is 8. The van der Waals surface area contributed by atoms with Crippen LogP contribution in [0.5, 0.6) is 0 Å². The Bertz CT molecular complexity index is 3580. The van der Waals surface area contributed by atoms with Crippen molar-refractivity contribution in [3.8, 4) is 11.4 Å². The number of hydrogen-bond donors (Lipinski definition) is 0. The second-order valence-corrected chi connectivity index (χ2v) is 21.5. The molecule has 7 aromatic carbocycles. The lowest BCUT2D eigenvalue weighted by atomic mass is 9.35. The van der Waals surface area contributed by atoms with Crippen LogP contribution in [-0.2, 0) is 0 Å².